The fraction of sp³-hybridized carbons (Fsp3) is 0.947. The van der Waals surface area contributed by atoms with E-state index in [9.17, 15) is 4.79 Å². The molecule has 0 radical (unpaired) electrons. The molecule has 0 aliphatic rings. The minimum absolute atomic E-state index is 0.234. The maximum absolute atomic E-state index is 12.4. The normalized spacial score (nSPS) is 13.7. The van der Waals surface area contributed by atoms with E-state index in [0.717, 1.165) is 6.54 Å². The van der Waals surface area contributed by atoms with Gasteiger partial charge in [-0.05, 0) is 54.9 Å². The Bertz CT molecular complexity index is 329. The van der Waals surface area contributed by atoms with E-state index in [0.29, 0.717) is 12.6 Å². The number of nitrogens with one attached hydrogen (secondary N) is 1. The Morgan fingerprint density at radius 2 is 1.70 bits per heavy atom. The molecule has 138 valence electrons. The second-order valence-electron chi connectivity index (χ2n) is 8.51. The minimum atomic E-state index is -0.458. The second kappa shape index (κ2) is 10.2. The molecular weight excluding hydrogens is 288 g/mol. The first kappa shape index (κ1) is 22.2. The fourth-order valence-corrected chi connectivity index (χ4v) is 2.42. The van der Waals surface area contributed by atoms with E-state index in [-0.39, 0.29) is 11.6 Å². The van der Waals surface area contributed by atoms with Crippen molar-refractivity contribution in [3.8, 4) is 0 Å². The van der Waals surface area contributed by atoms with Crippen molar-refractivity contribution in [2.24, 2.45) is 0 Å². The topological polar surface area (TPSA) is 41.6 Å². The van der Waals surface area contributed by atoms with E-state index < -0.39 is 5.60 Å². The lowest BCUT2D eigenvalue weighted by atomic mass is 10.1. The van der Waals surface area contributed by atoms with Crippen LogP contribution in [0.25, 0.3) is 0 Å². The van der Waals surface area contributed by atoms with Gasteiger partial charge in [0.15, 0.2) is 0 Å². The van der Waals surface area contributed by atoms with Crippen molar-refractivity contribution < 1.29 is 9.53 Å². The summed E-state index contributed by atoms with van der Waals surface area (Å²) in [7, 11) is 0. The SMILES string of the molecule is CCCCCCC(C)NCCN(C(=O)OC(C)(C)C)C(C)(C)C. The van der Waals surface area contributed by atoms with E-state index >= 15 is 0 Å². The summed E-state index contributed by atoms with van der Waals surface area (Å²) in [6.07, 6.45) is 6.15. The Morgan fingerprint density at radius 3 is 2.17 bits per heavy atom. The largest absolute Gasteiger partial charge is 0.444 e. The zero-order valence-corrected chi connectivity index (χ0v) is 16.8. The number of ether oxygens (including phenoxy) is 1. The van der Waals surface area contributed by atoms with Crippen LogP contribution < -0.4 is 5.32 Å². The van der Waals surface area contributed by atoms with Crippen molar-refractivity contribution in [2.75, 3.05) is 13.1 Å². The van der Waals surface area contributed by atoms with E-state index in [1.165, 1.54) is 32.1 Å². The monoisotopic (exact) mass is 328 g/mol. The smallest absolute Gasteiger partial charge is 0.410 e. The number of carbonyl (C=O) groups is 1. The molecular formula is C19H40N2O2. The first-order chi connectivity index (χ1) is 10.5. The van der Waals surface area contributed by atoms with Crippen LogP contribution in [0.15, 0.2) is 0 Å². The third-order valence-electron chi connectivity index (χ3n) is 3.74. The molecule has 0 spiro atoms. The summed E-state index contributed by atoms with van der Waals surface area (Å²) in [6, 6.07) is 0.493. The summed E-state index contributed by atoms with van der Waals surface area (Å²) < 4.78 is 5.53. The zero-order chi connectivity index (χ0) is 18.1. The highest BCUT2D eigenvalue weighted by Crippen LogP contribution is 2.18. The van der Waals surface area contributed by atoms with Crippen molar-refractivity contribution in [1.82, 2.24) is 10.2 Å². The number of unbranched alkanes of at least 4 members (excludes halogenated alkanes) is 3. The molecule has 1 unspecified atom stereocenters. The molecule has 4 nitrogen and oxygen atoms in total. The predicted octanol–water partition coefficient (Wildman–Crippen LogP) is 4.97. The lowest BCUT2D eigenvalue weighted by Gasteiger charge is -2.37. The van der Waals surface area contributed by atoms with Crippen LogP contribution in [0.5, 0.6) is 0 Å². The van der Waals surface area contributed by atoms with Crippen molar-refractivity contribution in [1.29, 1.82) is 0 Å². The molecule has 1 N–H and O–H groups in total. The van der Waals surface area contributed by atoms with E-state index in [4.69, 9.17) is 4.74 Å². The van der Waals surface area contributed by atoms with Gasteiger partial charge in [-0.1, -0.05) is 32.6 Å². The molecule has 4 heteroatoms. The third-order valence-corrected chi connectivity index (χ3v) is 3.74. The van der Waals surface area contributed by atoms with Crippen molar-refractivity contribution >= 4 is 6.09 Å². The first-order valence-corrected chi connectivity index (χ1v) is 9.21. The molecule has 0 saturated heterocycles. The van der Waals surface area contributed by atoms with Gasteiger partial charge in [0.2, 0.25) is 0 Å². The zero-order valence-electron chi connectivity index (χ0n) is 16.8. The summed E-state index contributed by atoms with van der Waals surface area (Å²) in [6.45, 7) is 17.8. The van der Waals surface area contributed by atoms with Crippen LogP contribution in [0, 0.1) is 0 Å². The lowest BCUT2D eigenvalue weighted by Crippen LogP contribution is -2.50. The van der Waals surface area contributed by atoms with Gasteiger partial charge in [0.05, 0.1) is 0 Å². The van der Waals surface area contributed by atoms with E-state index in [1.807, 2.05) is 46.4 Å². The number of rotatable bonds is 9. The molecule has 0 aromatic rings. The number of nitrogens with zero attached hydrogens (tertiary/aromatic N) is 1. The van der Waals surface area contributed by atoms with Gasteiger partial charge in [-0.25, -0.2) is 4.79 Å². The van der Waals surface area contributed by atoms with Gasteiger partial charge in [0, 0.05) is 24.7 Å². The van der Waals surface area contributed by atoms with Crippen molar-refractivity contribution in [2.45, 2.75) is 105 Å². The summed E-state index contributed by atoms with van der Waals surface area (Å²) in [5.41, 5.74) is -0.699. The molecule has 0 aliphatic heterocycles. The van der Waals surface area contributed by atoms with Crippen LogP contribution in [0.3, 0.4) is 0 Å². The molecule has 0 aliphatic carbocycles. The van der Waals surface area contributed by atoms with Crippen LogP contribution in [-0.4, -0.2) is 41.3 Å². The average molecular weight is 329 g/mol. The van der Waals surface area contributed by atoms with Gasteiger partial charge < -0.3 is 15.0 Å². The second-order valence-corrected chi connectivity index (χ2v) is 8.51. The molecule has 23 heavy (non-hydrogen) atoms. The Morgan fingerprint density at radius 1 is 1.09 bits per heavy atom. The Labute approximate surface area is 144 Å². The fourth-order valence-electron chi connectivity index (χ4n) is 2.42. The summed E-state index contributed by atoms with van der Waals surface area (Å²) in [5, 5.41) is 3.53. The summed E-state index contributed by atoms with van der Waals surface area (Å²) in [4.78, 5) is 14.2. The molecule has 0 aromatic carbocycles. The van der Waals surface area contributed by atoms with Crippen LogP contribution in [0.2, 0.25) is 0 Å². The highest BCUT2D eigenvalue weighted by molar-refractivity contribution is 5.69. The minimum Gasteiger partial charge on any atom is -0.444 e. The maximum Gasteiger partial charge on any atom is 0.410 e. The standard InChI is InChI=1S/C19H40N2O2/c1-9-10-11-12-13-16(2)20-14-15-21(18(3,4)5)17(22)23-19(6,7)8/h16,20H,9-15H2,1-8H3. The number of amides is 1. The van der Waals surface area contributed by atoms with Crippen LogP contribution >= 0.6 is 0 Å². The quantitative estimate of drug-likeness (QED) is 0.608. The Balaban J connectivity index is 4.29. The molecule has 0 bridgehead atoms. The van der Waals surface area contributed by atoms with E-state index in [1.54, 1.807) is 0 Å². The molecule has 0 rings (SSSR count). The molecule has 0 fully saturated rings. The van der Waals surface area contributed by atoms with Crippen molar-refractivity contribution in [3.05, 3.63) is 0 Å². The number of carbonyl (C=O) groups excluding carboxylic acids is 1. The first-order valence-electron chi connectivity index (χ1n) is 9.21. The predicted molar refractivity (Wildman–Crippen MR) is 98.9 cm³/mol. The van der Waals surface area contributed by atoms with Crippen LogP contribution in [0.1, 0.15) is 87.5 Å². The Hall–Kier alpha value is -0.770. The molecule has 0 heterocycles. The third kappa shape index (κ3) is 11.4. The van der Waals surface area contributed by atoms with Crippen LogP contribution in [-0.2, 0) is 4.74 Å². The lowest BCUT2D eigenvalue weighted by molar-refractivity contribution is 0.00647. The highest BCUT2D eigenvalue weighted by atomic mass is 16.6. The summed E-state index contributed by atoms with van der Waals surface area (Å²) >= 11 is 0. The molecule has 0 aromatic heterocycles. The molecule has 1 atom stereocenters. The summed E-state index contributed by atoms with van der Waals surface area (Å²) in [5.74, 6) is 0. The van der Waals surface area contributed by atoms with Crippen LogP contribution in [0.4, 0.5) is 4.79 Å². The van der Waals surface area contributed by atoms with Gasteiger partial charge >= 0.3 is 6.09 Å². The van der Waals surface area contributed by atoms with Gasteiger partial charge in [0.25, 0.3) is 0 Å². The van der Waals surface area contributed by atoms with E-state index in [2.05, 4.69) is 19.2 Å². The molecule has 1 amide bonds. The van der Waals surface area contributed by atoms with Gasteiger partial charge in [-0.3, -0.25) is 0 Å². The molecule has 0 saturated carbocycles. The number of hydrogen-bond donors (Lipinski definition) is 1. The number of hydrogen-bond acceptors (Lipinski definition) is 3. The Kier molecular flexibility index (Phi) is 9.83. The average Bonchev–Trinajstić information content (AvgIpc) is 2.36. The highest BCUT2D eigenvalue weighted by Gasteiger charge is 2.30. The maximum atomic E-state index is 12.4. The van der Waals surface area contributed by atoms with Gasteiger partial charge in [-0.2, -0.15) is 0 Å². The van der Waals surface area contributed by atoms with Gasteiger partial charge in [-0.15, -0.1) is 0 Å². The van der Waals surface area contributed by atoms with Crippen molar-refractivity contribution in [3.63, 3.8) is 0 Å². The van der Waals surface area contributed by atoms with Gasteiger partial charge in [0.1, 0.15) is 5.60 Å².